The van der Waals surface area contributed by atoms with Crippen molar-refractivity contribution in [3.63, 3.8) is 0 Å². The summed E-state index contributed by atoms with van der Waals surface area (Å²) in [6.07, 6.45) is 4.49. The summed E-state index contributed by atoms with van der Waals surface area (Å²) in [4.78, 5) is 4.48. The highest BCUT2D eigenvalue weighted by Gasteiger charge is 2.30. The van der Waals surface area contributed by atoms with Gasteiger partial charge in [-0.05, 0) is 66.9 Å². The van der Waals surface area contributed by atoms with Crippen LogP contribution in [0.25, 0.3) is 11.3 Å². The standard InChI is InChI=1S/C21H21F3N3P/c1-27-13-20(25-14-27)18-12-17(28-10-2-3-11-28)8-9-19(18)26-16-6-4-15(5-7-16)21(22,23)24/h4-9,12-14,26H,2-3,10-11H2,1H3. The van der Waals surface area contributed by atoms with Gasteiger partial charge in [0.25, 0.3) is 0 Å². The number of rotatable bonds is 4. The van der Waals surface area contributed by atoms with Crippen molar-refractivity contribution < 1.29 is 13.2 Å². The molecule has 3 aromatic rings. The Morgan fingerprint density at radius 3 is 2.36 bits per heavy atom. The molecule has 1 fully saturated rings. The van der Waals surface area contributed by atoms with Gasteiger partial charge in [-0.1, -0.05) is 14.0 Å². The zero-order chi connectivity index (χ0) is 19.7. The summed E-state index contributed by atoms with van der Waals surface area (Å²) in [5, 5.41) is 4.63. The molecule has 1 aliphatic heterocycles. The summed E-state index contributed by atoms with van der Waals surface area (Å²) in [7, 11) is 1.80. The molecule has 28 heavy (non-hydrogen) atoms. The van der Waals surface area contributed by atoms with E-state index in [4.69, 9.17) is 0 Å². The Morgan fingerprint density at radius 1 is 1.04 bits per heavy atom. The second-order valence-corrected chi connectivity index (χ2v) is 9.54. The van der Waals surface area contributed by atoms with Gasteiger partial charge in [0.2, 0.25) is 0 Å². The molecule has 4 rings (SSSR count). The highest BCUT2D eigenvalue weighted by molar-refractivity contribution is 7.65. The normalized spacial score (nSPS) is 15.1. The first kappa shape index (κ1) is 19.0. The van der Waals surface area contributed by atoms with Gasteiger partial charge in [0.15, 0.2) is 0 Å². The molecule has 0 spiro atoms. The van der Waals surface area contributed by atoms with Crippen molar-refractivity contribution in [2.24, 2.45) is 7.05 Å². The number of nitrogens with zero attached hydrogens (tertiary/aromatic N) is 2. The number of aromatic nitrogens is 2. The first-order chi connectivity index (χ1) is 13.4. The van der Waals surface area contributed by atoms with Gasteiger partial charge >= 0.3 is 6.18 Å². The summed E-state index contributed by atoms with van der Waals surface area (Å²) in [5.74, 6) is 0. The molecule has 0 amide bonds. The van der Waals surface area contributed by atoms with Crippen LogP contribution in [0.5, 0.6) is 0 Å². The van der Waals surface area contributed by atoms with E-state index < -0.39 is 11.7 Å². The highest BCUT2D eigenvalue weighted by atomic mass is 31.1. The predicted molar refractivity (Wildman–Crippen MR) is 109 cm³/mol. The largest absolute Gasteiger partial charge is 0.416 e. The number of hydrogen-bond donors (Lipinski definition) is 1. The molecule has 1 aliphatic rings. The minimum absolute atomic E-state index is 0.116. The molecule has 1 aromatic heterocycles. The zero-order valence-corrected chi connectivity index (χ0v) is 16.4. The van der Waals surface area contributed by atoms with E-state index in [0.717, 1.165) is 29.1 Å². The molecule has 0 saturated carbocycles. The fourth-order valence-corrected chi connectivity index (χ4v) is 6.02. The lowest BCUT2D eigenvalue weighted by atomic mass is 10.1. The van der Waals surface area contributed by atoms with E-state index in [1.54, 1.807) is 6.33 Å². The average molecular weight is 403 g/mol. The van der Waals surface area contributed by atoms with Gasteiger partial charge in [-0.3, -0.25) is 0 Å². The molecular formula is C21H21F3N3P. The van der Waals surface area contributed by atoms with Crippen molar-refractivity contribution in [1.82, 2.24) is 9.55 Å². The Labute approximate surface area is 163 Å². The molecular weight excluding hydrogens is 382 g/mol. The predicted octanol–water partition coefficient (Wildman–Crippen LogP) is 5.75. The van der Waals surface area contributed by atoms with Crippen LogP contribution in [0.1, 0.15) is 18.4 Å². The molecule has 0 aliphatic carbocycles. The number of alkyl halides is 3. The van der Waals surface area contributed by atoms with E-state index in [9.17, 15) is 13.2 Å². The second kappa shape index (κ2) is 7.59. The lowest BCUT2D eigenvalue weighted by molar-refractivity contribution is -0.137. The van der Waals surface area contributed by atoms with Gasteiger partial charge in [-0.25, -0.2) is 4.98 Å². The molecule has 2 heterocycles. The zero-order valence-electron chi connectivity index (χ0n) is 15.5. The third-order valence-corrected chi connectivity index (χ3v) is 7.67. The van der Waals surface area contributed by atoms with Gasteiger partial charge in [0, 0.05) is 30.2 Å². The monoisotopic (exact) mass is 403 g/mol. The fraction of sp³-hybridized carbons (Fsp3) is 0.286. The van der Waals surface area contributed by atoms with Crippen molar-refractivity contribution in [3.8, 4) is 11.3 Å². The molecule has 0 atom stereocenters. The van der Waals surface area contributed by atoms with Gasteiger partial charge in [0.05, 0.1) is 17.6 Å². The Balaban J connectivity index is 1.67. The molecule has 1 saturated heterocycles. The van der Waals surface area contributed by atoms with Crippen LogP contribution in [-0.2, 0) is 13.2 Å². The Kier molecular flexibility index (Phi) is 5.15. The molecule has 146 valence electrons. The third kappa shape index (κ3) is 4.07. The summed E-state index contributed by atoms with van der Waals surface area (Å²) in [6, 6.07) is 11.5. The minimum atomic E-state index is -4.33. The van der Waals surface area contributed by atoms with E-state index >= 15 is 0 Å². The van der Waals surface area contributed by atoms with Crippen molar-refractivity contribution >= 4 is 24.6 Å². The van der Waals surface area contributed by atoms with Crippen LogP contribution < -0.4 is 10.6 Å². The summed E-state index contributed by atoms with van der Waals surface area (Å²) >= 11 is 0. The Morgan fingerprint density at radius 2 is 1.75 bits per heavy atom. The van der Waals surface area contributed by atoms with Crippen LogP contribution >= 0.6 is 7.92 Å². The van der Waals surface area contributed by atoms with Gasteiger partial charge in [-0.2, -0.15) is 13.2 Å². The maximum Gasteiger partial charge on any atom is 0.416 e. The van der Waals surface area contributed by atoms with E-state index in [0.29, 0.717) is 5.69 Å². The maximum absolute atomic E-state index is 12.8. The van der Waals surface area contributed by atoms with Crippen molar-refractivity contribution in [3.05, 3.63) is 60.6 Å². The third-order valence-electron chi connectivity index (χ3n) is 4.95. The van der Waals surface area contributed by atoms with Crippen LogP contribution in [0, 0.1) is 0 Å². The number of aryl methyl sites for hydroxylation is 1. The van der Waals surface area contributed by atoms with E-state index in [-0.39, 0.29) is 7.92 Å². The Hall–Kier alpha value is -2.33. The lowest BCUT2D eigenvalue weighted by Crippen LogP contribution is -2.06. The summed E-state index contributed by atoms with van der Waals surface area (Å²) in [6.45, 7) is 0. The quantitative estimate of drug-likeness (QED) is 0.562. The van der Waals surface area contributed by atoms with Crippen LogP contribution in [-0.4, -0.2) is 21.9 Å². The van der Waals surface area contributed by atoms with E-state index in [1.807, 2.05) is 23.9 Å². The van der Waals surface area contributed by atoms with Crippen molar-refractivity contribution in [1.29, 1.82) is 0 Å². The molecule has 7 heteroatoms. The summed E-state index contributed by atoms with van der Waals surface area (Å²) in [5.41, 5.74) is 2.64. The number of hydrogen-bond acceptors (Lipinski definition) is 2. The van der Waals surface area contributed by atoms with E-state index in [1.165, 1.54) is 42.6 Å². The molecule has 0 unspecified atom stereocenters. The van der Waals surface area contributed by atoms with Crippen LogP contribution in [0.15, 0.2) is 55.0 Å². The van der Waals surface area contributed by atoms with Gasteiger partial charge in [0.1, 0.15) is 0 Å². The lowest BCUT2D eigenvalue weighted by Gasteiger charge is -2.16. The van der Waals surface area contributed by atoms with Crippen molar-refractivity contribution in [2.45, 2.75) is 19.0 Å². The topological polar surface area (TPSA) is 29.9 Å². The highest BCUT2D eigenvalue weighted by Crippen LogP contribution is 2.43. The second-order valence-electron chi connectivity index (χ2n) is 7.05. The molecule has 2 aromatic carbocycles. The van der Waals surface area contributed by atoms with Crippen LogP contribution in [0.4, 0.5) is 24.5 Å². The van der Waals surface area contributed by atoms with Gasteiger partial charge in [-0.15, -0.1) is 0 Å². The molecule has 3 nitrogen and oxygen atoms in total. The Bertz CT molecular complexity index is 958. The minimum Gasteiger partial charge on any atom is -0.355 e. The smallest absolute Gasteiger partial charge is 0.355 e. The van der Waals surface area contributed by atoms with Crippen LogP contribution in [0.3, 0.4) is 0 Å². The molecule has 1 N–H and O–H groups in total. The first-order valence-electron chi connectivity index (χ1n) is 9.22. The number of imidazole rings is 1. The van der Waals surface area contributed by atoms with Gasteiger partial charge < -0.3 is 9.88 Å². The maximum atomic E-state index is 12.8. The number of benzene rings is 2. The van der Waals surface area contributed by atoms with Crippen LogP contribution in [0.2, 0.25) is 0 Å². The number of anilines is 2. The number of nitrogens with one attached hydrogen (secondary N) is 1. The SMILES string of the molecule is Cn1cnc(-c2cc(P3CCCC3)ccc2Nc2ccc(C(F)(F)F)cc2)c1. The fourth-order valence-electron chi connectivity index (χ4n) is 3.48. The summed E-state index contributed by atoms with van der Waals surface area (Å²) < 4.78 is 40.3. The first-order valence-corrected chi connectivity index (χ1v) is 10.9. The molecule has 0 bridgehead atoms. The average Bonchev–Trinajstić information content (AvgIpc) is 3.34. The van der Waals surface area contributed by atoms with E-state index in [2.05, 4.69) is 22.4 Å². The number of halogens is 3. The molecule has 0 radical (unpaired) electrons. The van der Waals surface area contributed by atoms with Crippen molar-refractivity contribution in [2.75, 3.05) is 17.6 Å².